The molecule has 0 aromatic rings. The number of ether oxygens (including phenoxy) is 1. The number of hydroxylamine groups is 2. The first-order valence-corrected chi connectivity index (χ1v) is 4.23. The van der Waals surface area contributed by atoms with Gasteiger partial charge < -0.3 is 4.74 Å². The Labute approximate surface area is 72.4 Å². The van der Waals surface area contributed by atoms with Crippen molar-refractivity contribution in [3.05, 3.63) is 0 Å². The molecule has 1 amide bonds. The first kappa shape index (κ1) is 9.48. The molecular formula is C8H15NO3. The number of hydrogen-bond acceptors (Lipinski definition) is 3. The lowest BCUT2D eigenvalue weighted by Gasteiger charge is -2.27. The van der Waals surface area contributed by atoms with Crippen molar-refractivity contribution in [3.8, 4) is 0 Å². The maximum atomic E-state index is 11.4. The first-order chi connectivity index (χ1) is 5.75. The van der Waals surface area contributed by atoms with Gasteiger partial charge in [-0.25, -0.2) is 5.06 Å². The van der Waals surface area contributed by atoms with E-state index in [-0.39, 0.29) is 5.91 Å². The van der Waals surface area contributed by atoms with E-state index in [1.807, 2.05) is 0 Å². The number of carbonyl (C=O) groups excluding carboxylic acids is 1. The molecule has 1 saturated heterocycles. The van der Waals surface area contributed by atoms with Crippen molar-refractivity contribution in [2.75, 3.05) is 20.3 Å². The van der Waals surface area contributed by atoms with Gasteiger partial charge in [0.25, 0.3) is 5.91 Å². The molecule has 1 heterocycles. The van der Waals surface area contributed by atoms with E-state index in [9.17, 15) is 4.79 Å². The molecule has 1 atom stereocenters. The molecule has 1 aliphatic rings. The summed E-state index contributed by atoms with van der Waals surface area (Å²) >= 11 is 0. The minimum absolute atomic E-state index is 0.0859. The van der Waals surface area contributed by atoms with Crippen LogP contribution >= 0.6 is 0 Å². The summed E-state index contributed by atoms with van der Waals surface area (Å²) in [6, 6.07) is 0. The van der Waals surface area contributed by atoms with E-state index in [1.165, 1.54) is 12.2 Å². The summed E-state index contributed by atoms with van der Waals surface area (Å²) in [6.07, 6.45) is 1.65. The SMILES string of the molecule is COC(C)C(=O)N1CCCCO1. The molecule has 70 valence electrons. The van der Waals surface area contributed by atoms with Gasteiger partial charge in [0.2, 0.25) is 0 Å². The molecule has 12 heavy (non-hydrogen) atoms. The van der Waals surface area contributed by atoms with Gasteiger partial charge >= 0.3 is 0 Å². The molecule has 4 heteroatoms. The predicted octanol–water partition coefficient (Wildman–Crippen LogP) is 0.575. The van der Waals surface area contributed by atoms with Crippen LogP contribution in [0.3, 0.4) is 0 Å². The van der Waals surface area contributed by atoms with E-state index in [0.717, 1.165) is 12.8 Å². The smallest absolute Gasteiger partial charge is 0.274 e. The summed E-state index contributed by atoms with van der Waals surface area (Å²) < 4.78 is 4.89. The second kappa shape index (κ2) is 4.42. The number of methoxy groups -OCH3 is 1. The minimum Gasteiger partial charge on any atom is -0.372 e. The van der Waals surface area contributed by atoms with Crippen LogP contribution in [-0.4, -0.2) is 37.3 Å². The van der Waals surface area contributed by atoms with Gasteiger partial charge in [0.15, 0.2) is 0 Å². The Morgan fingerprint density at radius 2 is 2.33 bits per heavy atom. The molecule has 4 nitrogen and oxygen atoms in total. The van der Waals surface area contributed by atoms with Crippen LogP contribution in [0.5, 0.6) is 0 Å². The zero-order chi connectivity index (χ0) is 8.97. The molecule has 0 aromatic carbocycles. The zero-order valence-electron chi connectivity index (χ0n) is 7.58. The lowest BCUT2D eigenvalue weighted by Crippen LogP contribution is -2.41. The van der Waals surface area contributed by atoms with Crippen molar-refractivity contribution in [1.82, 2.24) is 5.06 Å². The van der Waals surface area contributed by atoms with Crippen molar-refractivity contribution >= 4 is 5.91 Å². The van der Waals surface area contributed by atoms with Crippen LogP contribution in [0.2, 0.25) is 0 Å². The Bertz CT molecular complexity index is 154. The molecule has 0 aromatic heterocycles. The molecule has 0 N–H and O–H groups in total. The third-order valence-electron chi connectivity index (χ3n) is 1.95. The molecule has 0 saturated carbocycles. The summed E-state index contributed by atoms with van der Waals surface area (Å²) in [5, 5.41) is 1.40. The standard InChI is InChI=1S/C8H15NO3/c1-7(11-2)8(10)9-5-3-4-6-12-9/h7H,3-6H2,1-2H3. The van der Waals surface area contributed by atoms with E-state index in [0.29, 0.717) is 13.2 Å². The van der Waals surface area contributed by atoms with E-state index in [4.69, 9.17) is 9.57 Å². The van der Waals surface area contributed by atoms with E-state index < -0.39 is 6.10 Å². The van der Waals surface area contributed by atoms with Crippen LogP contribution in [0.15, 0.2) is 0 Å². The van der Waals surface area contributed by atoms with Gasteiger partial charge in [0.05, 0.1) is 6.61 Å². The summed E-state index contributed by atoms with van der Waals surface area (Å²) in [4.78, 5) is 16.6. The molecule has 0 bridgehead atoms. The number of amides is 1. The van der Waals surface area contributed by atoms with Gasteiger partial charge in [0.1, 0.15) is 6.10 Å². The normalized spacial score (nSPS) is 20.7. The molecule has 1 unspecified atom stereocenters. The number of rotatable bonds is 2. The average Bonchev–Trinajstić information content (AvgIpc) is 2.17. The molecule has 0 radical (unpaired) electrons. The van der Waals surface area contributed by atoms with Crippen molar-refractivity contribution < 1.29 is 14.4 Å². The van der Waals surface area contributed by atoms with E-state index >= 15 is 0 Å². The molecule has 0 spiro atoms. The fourth-order valence-electron chi connectivity index (χ4n) is 1.07. The minimum atomic E-state index is -0.400. The van der Waals surface area contributed by atoms with Crippen molar-refractivity contribution in [2.24, 2.45) is 0 Å². The van der Waals surface area contributed by atoms with Crippen LogP contribution in [0, 0.1) is 0 Å². The largest absolute Gasteiger partial charge is 0.372 e. The van der Waals surface area contributed by atoms with Gasteiger partial charge in [0, 0.05) is 13.7 Å². The van der Waals surface area contributed by atoms with E-state index in [1.54, 1.807) is 6.92 Å². The van der Waals surface area contributed by atoms with Gasteiger partial charge in [-0.1, -0.05) is 0 Å². The summed E-state index contributed by atoms with van der Waals surface area (Å²) in [5.41, 5.74) is 0. The number of carbonyl (C=O) groups is 1. The molecule has 0 aliphatic carbocycles. The first-order valence-electron chi connectivity index (χ1n) is 4.23. The highest BCUT2D eigenvalue weighted by Gasteiger charge is 2.22. The Balaban J connectivity index is 2.39. The van der Waals surface area contributed by atoms with Crippen LogP contribution in [0.4, 0.5) is 0 Å². The fourth-order valence-corrected chi connectivity index (χ4v) is 1.07. The Morgan fingerprint density at radius 1 is 1.58 bits per heavy atom. The molecule has 1 fully saturated rings. The van der Waals surface area contributed by atoms with Crippen LogP contribution in [0.25, 0.3) is 0 Å². The quantitative estimate of drug-likeness (QED) is 0.613. The molecular weight excluding hydrogens is 158 g/mol. The Morgan fingerprint density at radius 3 is 2.83 bits per heavy atom. The lowest BCUT2D eigenvalue weighted by molar-refractivity contribution is -0.205. The maximum Gasteiger partial charge on any atom is 0.274 e. The third-order valence-corrected chi connectivity index (χ3v) is 1.95. The van der Waals surface area contributed by atoms with Gasteiger partial charge in [-0.3, -0.25) is 9.63 Å². The van der Waals surface area contributed by atoms with Gasteiger partial charge in [-0.15, -0.1) is 0 Å². The fraction of sp³-hybridized carbons (Fsp3) is 0.875. The maximum absolute atomic E-state index is 11.4. The van der Waals surface area contributed by atoms with Crippen molar-refractivity contribution in [1.29, 1.82) is 0 Å². The summed E-state index contributed by atoms with van der Waals surface area (Å²) in [5.74, 6) is -0.0859. The van der Waals surface area contributed by atoms with Crippen molar-refractivity contribution in [2.45, 2.75) is 25.9 Å². The van der Waals surface area contributed by atoms with Gasteiger partial charge in [-0.05, 0) is 19.8 Å². The number of nitrogens with zero attached hydrogens (tertiary/aromatic N) is 1. The second-order valence-corrected chi connectivity index (χ2v) is 2.86. The van der Waals surface area contributed by atoms with Crippen molar-refractivity contribution in [3.63, 3.8) is 0 Å². The highest BCUT2D eigenvalue weighted by molar-refractivity contribution is 5.79. The van der Waals surface area contributed by atoms with Gasteiger partial charge in [-0.2, -0.15) is 0 Å². The topological polar surface area (TPSA) is 38.8 Å². The molecule has 1 rings (SSSR count). The number of hydrogen-bond donors (Lipinski definition) is 0. The summed E-state index contributed by atoms with van der Waals surface area (Å²) in [7, 11) is 1.52. The highest BCUT2D eigenvalue weighted by atomic mass is 16.7. The Hall–Kier alpha value is -0.610. The average molecular weight is 173 g/mol. The monoisotopic (exact) mass is 173 g/mol. The van der Waals surface area contributed by atoms with E-state index in [2.05, 4.69) is 0 Å². The van der Waals surface area contributed by atoms with Crippen LogP contribution in [-0.2, 0) is 14.4 Å². The zero-order valence-corrected chi connectivity index (χ0v) is 7.58. The Kier molecular flexibility index (Phi) is 3.49. The van der Waals surface area contributed by atoms with Crippen LogP contribution in [0.1, 0.15) is 19.8 Å². The third kappa shape index (κ3) is 2.19. The lowest BCUT2D eigenvalue weighted by atomic mass is 10.3. The second-order valence-electron chi connectivity index (χ2n) is 2.86. The molecule has 1 aliphatic heterocycles. The van der Waals surface area contributed by atoms with Crippen LogP contribution < -0.4 is 0 Å². The summed E-state index contributed by atoms with van der Waals surface area (Å²) in [6.45, 7) is 3.05. The highest BCUT2D eigenvalue weighted by Crippen LogP contribution is 2.08. The predicted molar refractivity (Wildman–Crippen MR) is 43.4 cm³/mol.